The molecule has 3 rings (SSSR count). The minimum atomic E-state index is 0.472. The molecule has 2 saturated carbocycles. The smallest absolute Gasteiger partial charge is 0.0625 e. The van der Waals surface area contributed by atoms with Crippen LogP contribution in [-0.4, -0.2) is 23.0 Å². The summed E-state index contributed by atoms with van der Waals surface area (Å²) in [4.78, 5) is 0. The molecular weight excluding hydrogens is 224 g/mol. The van der Waals surface area contributed by atoms with Crippen LogP contribution in [0.5, 0.6) is 0 Å². The lowest BCUT2D eigenvalue weighted by Crippen LogP contribution is -2.12. The zero-order valence-corrected chi connectivity index (χ0v) is 11.9. The van der Waals surface area contributed by atoms with Crippen LogP contribution in [0, 0.1) is 11.8 Å². The van der Waals surface area contributed by atoms with E-state index in [-0.39, 0.29) is 0 Å². The summed E-state index contributed by atoms with van der Waals surface area (Å²) in [6.45, 7) is 6.64. The summed E-state index contributed by atoms with van der Waals surface area (Å²) < 4.78 is 7.73. The Labute approximate surface area is 110 Å². The van der Waals surface area contributed by atoms with Crippen LogP contribution in [0.3, 0.4) is 0 Å². The maximum atomic E-state index is 5.48. The number of hydrogen-bond acceptors (Lipinski definition) is 2. The number of methoxy groups -OCH3 is 1. The van der Waals surface area contributed by atoms with E-state index in [1.54, 1.807) is 0 Å². The molecule has 2 fully saturated rings. The third-order valence-electron chi connectivity index (χ3n) is 4.74. The van der Waals surface area contributed by atoms with Crippen molar-refractivity contribution in [3.05, 3.63) is 17.5 Å². The molecule has 1 aromatic rings. The lowest BCUT2D eigenvalue weighted by molar-refractivity contribution is 0.0961. The summed E-state index contributed by atoms with van der Waals surface area (Å²) >= 11 is 0. The maximum Gasteiger partial charge on any atom is 0.0625 e. The predicted molar refractivity (Wildman–Crippen MR) is 71.7 cm³/mol. The molecule has 0 aromatic carbocycles. The average Bonchev–Trinajstić information content (AvgIpc) is 2.80. The second-order valence-corrected chi connectivity index (χ2v) is 6.14. The highest BCUT2D eigenvalue weighted by molar-refractivity contribution is 5.27. The molecule has 0 radical (unpaired) electrons. The van der Waals surface area contributed by atoms with Crippen LogP contribution in [-0.2, 0) is 11.2 Å². The van der Waals surface area contributed by atoms with Gasteiger partial charge in [-0.05, 0) is 51.0 Å². The highest BCUT2D eigenvalue weighted by Crippen LogP contribution is 2.63. The van der Waals surface area contributed by atoms with Crippen LogP contribution in [0.25, 0.3) is 0 Å². The highest BCUT2D eigenvalue weighted by Gasteiger charge is 2.57. The molecular formula is C15H24N2O. The van der Waals surface area contributed by atoms with Gasteiger partial charge in [-0.25, -0.2) is 0 Å². The lowest BCUT2D eigenvalue weighted by Gasteiger charge is -2.15. The molecule has 2 aliphatic carbocycles. The summed E-state index contributed by atoms with van der Waals surface area (Å²) in [5.74, 6) is 2.47. The van der Waals surface area contributed by atoms with Crippen molar-refractivity contribution in [1.29, 1.82) is 0 Å². The SMILES string of the molecule is CCc1cc(C2C3CC(OC)CC32)n(C(C)C)n1. The second kappa shape index (κ2) is 4.37. The Hall–Kier alpha value is -0.830. The van der Waals surface area contributed by atoms with E-state index >= 15 is 0 Å². The van der Waals surface area contributed by atoms with E-state index in [0.717, 1.165) is 24.2 Å². The van der Waals surface area contributed by atoms with Gasteiger partial charge in [0.1, 0.15) is 0 Å². The minimum absolute atomic E-state index is 0.472. The molecule has 0 N–H and O–H groups in total. The molecule has 3 nitrogen and oxygen atoms in total. The second-order valence-electron chi connectivity index (χ2n) is 6.14. The van der Waals surface area contributed by atoms with Gasteiger partial charge in [-0.2, -0.15) is 5.10 Å². The average molecular weight is 248 g/mol. The van der Waals surface area contributed by atoms with E-state index in [4.69, 9.17) is 9.84 Å². The summed E-state index contributed by atoms with van der Waals surface area (Å²) in [5, 5.41) is 4.74. The van der Waals surface area contributed by atoms with Crippen molar-refractivity contribution >= 4 is 0 Å². The number of rotatable bonds is 4. The van der Waals surface area contributed by atoms with Crippen molar-refractivity contribution < 1.29 is 4.74 Å². The van der Waals surface area contributed by atoms with Gasteiger partial charge in [-0.15, -0.1) is 0 Å². The molecule has 3 heteroatoms. The topological polar surface area (TPSA) is 27.1 Å². The fourth-order valence-electron chi connectivity index (χ4n) is 3.72. The van der Waals surface area contributed by atoms with E-state index in [1.807, 2.05) is 7.11 Å². The molecule has 0 saturated heterocycles. The van der Waals surface area contributed by atoms with Crippen LogP contribution in [0.1, 0.15) is 57.0 Å². The molecule has 0 bridgehead atoms. The largest absolute Gasteiger partial charge is 0.381 e. The number of nitrogens with zero attached hydrogens (tertiary/aromatic N) is 2. The Morgan fingerprint density at radius 3 is 2.56 bits per heavy atom. The fraction of sp³-hybridized carbons (Fsp3) is 0.800. The Morgan fingerprint density at radius 1 is 1.39 bits per heavy atom. The predicted octanol–water partition coefficient (Wildman–Crippen LogP) is 3.16. The summed E-state index contributed by atoms with van der Waals surface area (Å²) in [6.07, 6.45) is 4.04. The molecule has 0 amide bonds. The van der Waals surface area contributed by atoms with Crippen LogP contribution < -0.4 is 0 Å². The van der Waals surface area contributed by atoms with Gasteiger partial charge in [0.2, 0.25) is 0 Å². The van der Waals surface area contributed by atoms with E-state index in [9.17, 15) is 0 Å². The first kappa shape index (κ1) is 12.2. The summed E-state index contributed by atoms with van der Waals surface area (Å²) in [7, 11) is 1.85. The molecule has 0 spiro atoms. The summed E-state index contributed by atoms with van der Waals surface area (Å²) in [5.41, 5.74) is 2.72. The van der Waals surface area contributed by atoms with Crippen LogP contribution in [0.15, 0.2) is 6.07 Å². The van der Waals surface area contributed by atoms with E-state index in [1.165, 1.54) is 24.2 Å². The van der Waals surface area contributed by atoms with Gasteiger partial charge in [0.25, 0.3) is 0 Å². The van der Waals surface area contributed by atoms with Gasteiger partial charge >= 0.3 is 0 Å². The third kappa shape index (κ3) is 1.80. The van der Waals surface area contributed by atoms with Crippen molar-refractivity contribution in [3.63, 3.8) is 0 Å². The Balaban J connectivity index is 1.80. The van der Waals surface area contributed by atoms with E-state index in [2.05, 4.69) is 31.5 Å². The number of aromatic nitrogens is 2. The zero-order valence-electron chi connectivity index (χ0n) is 11.9. The normalized spacial score (nSPS) is 34.1. The molecule has 1 aromatic heterocycles. The van der Waals surface area contributed by atoms with Crippen LogP contribution >= 0.6 is 0 Å². The van der Waals surface area contributed by atoms with Crippen molar-refractivity contribution in [1.82, 2.24) is 9.78 Å². The van der Waals surface area contributed by atoms with Gasteiger partial charge in [-0.1, -0.05) is 6.92 Å². The van der Waals surface area contributed by atoms with E-state index in [0.29, 0.717) is 12.1 Å². The number of fused-ring (bicyclic) bond motifs is 1. The number of aryl methyl sites for hydroxylation is 1. The lowest BCUT2D eigenvalue weighted by atomic mass is 10.1. The quantitative estimate of drug-likeness (QED) is 0.818. The first-order chi connectivity index (χ1) is 8.65. The number of ether oxygens (including phenoxy) is 1. The molecule has 2 aliphatic rings. The standard InChI is InChI=1S/C15H24N2O/c1-5-10-6-14(17(16-10)9(2)3)15-12-7-11(18-4)8-13(12)15/h6,9,11-13,15H,5,7-8H2,1-4H3. The monoisotopic (exact) mass is 248 g/mol. The molecule has 0 aliphatic heterocycles. The van der Waals surface area contributed by atoms with Crippen molar-refractivity contribution in [2.75, 3.05) is 7.11 Å². The first-order valence-electron chi connectivity index (χ1n) is 7.26. The maximum absolute atomic E-state index is 5.48. The van der Waals surface area contributed by atoms with Crippen molar-refractivity contribution in [2.24, 2.45) is 11.8 Å². The van der Waals surface area contributed by atoms with Gasteiger partial charge in [0, 0.05) is 24.8 Å². The van der Waals surface area contributed by atoms with Crippen molar-refractivity contribution in [3.8, 4) is 0 Å². The fourth-order valence-corrected chi connectivity index (χ4v) is 3.72. The Kier molecular flexibility index (Phi) is 2.97. The molecule has 1 heterocycles. The molecule has 2 atom stereocenters. The first-order valence-corrected chi connectivity index (χ1v) is 7.26. The van der Waals surface area contributed by atoms with Gasteiger partial charge in [0.15, 0.2) is 0 Å². The van der Waals surface area contributed by atoms with Gasteiger partial charge in [-0.3, -0.25) is 4.68 Å². The molecule has 100 valence electrons. The molecule has 2 unspecified atom stereocenters. The van der Waals surface area contributed by atoms with Crippen LogP contribution in [0.4, 0.5) is 0 Å². The van der Waals surface area contributed by atoms with E-state index < -0.39 is 0 Å². The van der Waals surface area contributed by atoms with Crippen LogP contribution in [0.2, 0.25) is 0 Å². The van der Waals surface area contributed by atoms with Gasteiger partial charge in [0.05, 0.1) is 11.8 Å². The zero-order chi connectivity index (χ0) is 12.9. The Bertz CT molecular complexity index is 426. The number of hydrogen-bond donors (Lipinski definition) is 0. The highest BCUT2D eigenvalue weighted by atomic mass is 16.5. The minimum Gasteiger partial charge on any atom is -0.381 e. The third-order valence-corrected chi connectivity index (χ3v) is 4.74. The summed E-state index contributed by atoms with van der Waals surface area (Å²) in [6, 6.07) is 2.81. The molecule has 18 heavy (non-hydrogen) atoms. The van der Waals surface area contributed by atoms with Gasteiger partial charge < -0.3 is 4.74 Å². The van der Waals surface area contributed by atoms with Crippen molar-refractivity contribution in [2.45, 2.75) is 58.1 Å². The Morgan fingerprint density at radius 2 is 2.06 bits per heavy atom.